The van der Waals surface area contributed by atoms with Crippen molar-refractivity contribution in [1.82, 2.24) is 19.7 Å². The predicted molar refractivity (Wildman–Crippen MR) is 89.3 cm³/mol. The van der Waals surface area contributed by atoms with E-state index >= 15 is 0 Å². The van der Waals surface area contributed by atoms with Gasteiger partial charge < -0.3 is 0 Å². The molecule has 5 nitrogen and oxygen atoms in total. The molecule has 0 aliphatic heterocycles. The molecule has 3 aromatic rings. The number of hydrogen-bond acceptors (Lipinski definition) is 4. The zero-order valence-electron chi connectivity index (χ0n) is 13.7. The number of rotatable bonds is 4. The molecule has 0 unspecified atom stereocenters. The Labute approximate surface area is 151 Å². The number of benzene rings is 1. The molecule has 0 aliphatic carbocycles. The van der Waals surface area contributed by atoms with Crippen molar-refractivity contribution < 1.29 is 17.6 Å². The number of nitriles is 1. The fraction of sp³-hybridized carbons (Fsp3) is 0.111. The molecule has 2 aromatic heterocycles. The van der Waals surface area contributed by atoms with Crippen LogP contribution >= 0.6 is 0 Å². The number of halogens is 4. The van der Waals surface area contributed by atoms with E-state index in [9.17, 15) is 22.8 Å². The summed E-state index contributed by atoms with van der Waals surface area (Å²) in [6, 6.07) is 8.20. The van der Waals surface area contributed by atoms with Crippen LogP contribution in [0.1, 0.15) is 16.7 Å². The molecule has 3 rings (SSSR count). The molecule has 0 aliphatic rings. The van der Waals surface area contributed by atoms with E-state index in [2.05, 4.69) is 15.1 Å². The van der Waals surface area contributed by atoms with Crippen LogP contribution < -0.4 is 0 Å². The van der Waals surface area contributed by atoms with Crippen LogP contribution in [0.25, 0.3) is 23.2 Å². The van der Waals surface area contributed by atoms with Crippen molar-refractivity contribution in [3.63, 3.8) is 0 Å². The summed E-state index contributed by atoms with van der Waals surface area (Å²) in [5, 5.41) is 13.3. The van der Waals surface area contributed by atoms with Gasteiger partial charge in [-0.05, 0) is 29.8 Å². The molecule has 0 atom stereocenters. The third-order valence-electron chi connectivity index (χ3n) is 3.60. The monoisotopic (exact) mass is 373 g/mol. The summed E-state index contributed by atoms with van der Waals surface area (Å²) in [7, 11) is 0. The van der Waals surface area contributed by atoms with Crippen LogP contribution in [0.2, 0.25) is 0 Å². The minimum absolute atomic E-state index is 0.0180. The molecule has 0 N–H and O–H groups in total. The molecular weight excluding hydrogens is 362 g/mol. The smallest absolute Gasteiger partial charge is 0.264 e. The number of hydrogen-bond donors (Lipinski definition) is 0. The Morgan fingerprint density at radius 1 is 1.26 bits per heavy atom. The maximum Gasteiger partial charge on any atom is 0.416 e. The minimum atomic E-state index is -4.61. The van der Waals surface area contributed by atoms with Gasteiger partial charge in [0.2, 0.25) is 0 Å². The van der Waals surface area contributed by atoms with Crippen LogP contribution in [0, 0.1) is 11.3 Å². The van der Waals surface area contributed by atoms with E-state index in [1.165, 1.54) is 29.5 Å². The second-order valence-corrected chi connectivity index (χ2v) is 5.49. The normalized spacial score (nSPS) is 12.0. The second kappa shape index (κ2) is 7.37. The van der Waals surface area contributed by atoms with Crippen molar-refractivity contribution in [1.29, 1.82) is 5.26 Å². The summed E-state index contributed by atoms with van der Waals surface area (Å²) in [5.74, 6) is -0.0180. The molecule has 9 heteroatoms. The lowest BCUT2D eigenvalue weighted by Gasteiger charge is -2.09. The number of allylic oxidation sites excluding steroid dienone is 1. The molecule has 1 aromatic carbocycles. The van der Waals surface area contributed by atoms with Crippen molar-refractivity contribution in [2.45, 2.75) is 12.9 Å². The van der Waals surface area contributed by atoms with Gasteiger partial charge in [-0.1, -0.05) is 6.07 Å². The van der Waals surface area contributed by atoms with Crippen LogP contribution in [0.4, 0.5) is 17.6 Å². The molecule has 0 spiro atoms. The summed E-state index contributed by atoms with van der Waals surface area (Å²) in [6.45, 7) is -1.04. The first-order valence-corrected chi connectivity index (χ1v) is 7.61. The highest BCUT2D eigenvalue weighted by Crippen LogP contribution is 2.33. The van der Waals surface area contributed by atoms with Gasteiger partial charge in [-0.15, -0.1) is 5.10 Å². The highest BCUT2D eigenvalue weighted by atomic mass is 19.4. The lowest BCUT2D eigenvalue weighted by molar-refractivity contribution is -0.137. The first-order chi connectivity index (χ1) is 12.9. The number of nitrogens with zero attached hydrogens (tertiary/aromatic N) is 5. The van der Waals surface area contributed by atoms with Gasteiger partial charge in [-0.25, -0.2) is 14.1 Å². The van der Waals surface area contributed by atoms with E-state index in [1.54, 1.807) is 18.3 Å². The van der Waals surface area contributed by atoms with Gasteiger partial charge in [-0.2, -0.15) is 18.4 Å². The average molecular weight is 373 g/mol. The van der Waals surface area contributed by atoms with Crippen molar-refractivity contribution in [2.75, 3.05) is 0 Å². The number of pyridine rings is 1. The molecule has 0 bridgehead atoms. The molecule has 27 heavy (non-hydrogen) atoms. The zero-order chi connectivity index (χ0) is 19.4. The Kier molecular flexibility index (Phi) is 4.98. The summed E-state index contributed by atoms with van der Waals surface area (Å²) in [6.07, 6.45) is 1.06. The number of aromatic nitrogens is 4. The van der Waals surface area contributed by atoms with Crippen molar-refractivity contribution in [3.05, 3.63) is 65.7 Å². The van der Waals surface area contributed by atoms with E-state index in [-0.39, 0.29) is 22.5 Å². The van der Waals surface area contributed by atoms with Crippen molar-refractivity contribution in [3.8, 4) is 17.5 Å². The van der Waals surface area contributed by atoms with E-state index < -0.39 is 18.4 Å². The first kappa shape index (κ1) is 18.3. The Hall–Kier alpha value is -3.54. The number of alkyl halides is 4. The second-order valence-electron chi connectivity index (χ2n) is 5.49. The lowest BCUT2D eigenvalue weighted by atomic mass is 10.1. The standard InChI is InChI=1S/C18H11F4N5/c19-7-12-4-14(6-16(5-12)18(20,21)22)17-25-11-27(26-17)10-15(8-23)13-2-1-3-24-9-13/h1-6,9-11H,7H2. The Morgan fingerprint density at radius 2 is 2.07 bits per heavy atom. The molecule has 0 saturated carbocycles. The van der Waals surface area contributed by atoms with Crippen LogP contribution in [0.3, 0.4) is 0 Å². The Morgan fingerprint density at radius 3 is 2.70 bits per heavy atom. The SMILES string of the molecule is N#CC(=Cn1cnc(-c2cc(CF)cc(C(F)(F)F)c2)n1)c1cccnc1. The Balaban J connectivity index is 1.99. The van der Waals surface area contributed by atoms with Crippen molar-refractivity contribution in [2.24, 2.45) is 0 Å². The molecule has 2 heterocycles. The first-order valence-electron chi connectivity index (χ1n) is 7.61. The summed E-state index contributed by atoms with van der Waals surface area (Å²) >= 11 is 0. The van der Waals surface area contributed by atoms with Crippen molar-refractivity contribution >= 4 is 11.8 Å². The summed E-state index contributed by atoms with van der Waals surface area (Å²) in [5.41, 5.74) is -0.277. The molecular formula is C18H11F4N5. The van der Waals surface area contributed by atoms with Crippen LogP contribution in [0.5, 0.6) is 0 Å². The quantitative estimate of drug-likeness (QED) is 0.504. The van der Waals surface area contributed by atoms with Gasteiger partial charge in [0.1, 0.15) is 19.1 Å². The van der Waals surface area contributed by atoms with Gasteiger partial charge in [0.15, 0.2) is 5.82 Å². The highest BCUT2D eigenvalue weighted by molar-refractivity contribution is 5.84. The lowest BCUT2D eigenvalue weighted by Crippen LogP contribution is -2.06. The molecule has 0 fully saturated rings. The largest absolute Gasteiger partial charge is 0.416 e. The van der Waals surface area contributed by atoms with Crippen LogP contribution in [-0.4, -0.2) is 19.7 Å². The van der Waals surface area contributed by atoms with Gasteiger partial charge in [0, 0.05) is 29.7 Å². The highest BCUT2D eigenvalue weighted by Gasteiger charge is 2.31. The topological polar surface area (TPSA) is 67.4 Å². The fourth-order valence-corrected chi connectivity index (χ4v) is 2.35. The van der Waals surface area contributed by atoms with E-state index in [1.807, 2.05) is 6.07 Å². The van der Waals surface area contributed by atoms with E-state index in [0.29, 0.717) is 5.56 Å². The van der Waals surface area contributed by atoms with Gasteiger partial charge >= 0.3 is 6.18 Å². The fourth-order valence-electron chi connectivity index (χ4n) is 2.35. The molecule has 0 amide bonds. The third kappa shape index (κ3) is 4.17. The molecule has 0 saturated heterocycles. The zero-order valence-corrected chi connectivity index (χ0v) is 13.7. The van der Waals surface area contributed by atoms with E-state index in [0.717, 1.165) is 12.1 Å². The Bertz CT molecular complexity index is 1020. The van der Waals surface area contributed by atoms with E-state index in [4.69, 9.17) is 0 Å². The van der Waals surface area contributed by atoms with Gasteiger partial charge in [0.25, 0.3) is 0 Å². The summed E-state index contributed by atoms with van der Waals surface area (Å²) < 4.78 is 53.1. The van der Waals surface area contributed by atoms with Crippen LogP contribution in [0.15, 0.2) is 49.1 Å². The maximum absolute atomic E-state index is 13.0. The summed E-state index contributed by atoms with van der Waals surface area (Å²) in [4.78, 5) is 7.88. The van der Waals surface area contributed by atoms with Crippen LogP contribution in [-0.2, 0) is 12.9 Å². The molecule has 136 valence electrons. The van der Waals surface area contributed by atoms with Gasteiger partial charge in [-0.3, -0.25) is 4.98 Å². The molecule has 0 radical (unpaired) electrons. The van der Waals surface area contributed by atoms with Gasteiger partial charge in [0.05, 0.1) is 11.1 Å². The maximum atomic E-state index is 13.0. The minimum Gasteiger partial charge on any atom is -0.264 e. The third-order valence-corrected chi connectivity index (χ3v) is 3.60. The predicted octanol–water partition coefficient (Wildman–Crippen LogP) is 4.35. The average Bonchev–Trinajstić information content (AvgIpc) is 3.14.